The molecule has 1 fully saturated rings. The fourth-order valence-electron chi connectivity index (χ4n) is 3.20. The minimum absolute atomic E-state index is 0.426. The van der Waals surface area contributed by atoms with E-state index in [2.05, 4.69) is 11.1 Å². The lowest BCUT2D eigenvalue weighted by Crippen LogP contribution is -2.36. The van der Waals surface area contributed by atoms with Gasteiger partial charge < -0.3 is 14.5 Å². The summed E-state index contributed by atoms with van der Waals surface area (Å²) in [4.78, 5) is 3.45. The van der Waals surface area contributed by atoms with Crippen LogP contribution in [0.1, 0.15) is 23.2 Å². The smallest absolute Gasteiger partial charge is 0.172 e. The second kappa shape index (κ2) is 3.83. The van der Waals surface area contributed by atoms with E-state index in [1.54, 1.807) is 0 Å². The summed E-state index contributed by atoms with van der Waals surface area (Å²) in [6, 6.07) is 7.99. The summed E-state index contributed by atoms with van der Waals surface area (Å²) in [5.74, 6) is -0.426. The van der Waals surface area contributed by atoms with Crippen LogP contribution in [-0.4, -0.2) is 24.0 Å². The molecule has 1 aromatic heterocycles. The molecule has 1 aromatic carbocycles. The summed E-state index contributed by atoms with van der Waals surface area (Å²) in [7, 11) is 0. The third-order valence-electron chi connectivity index (χ3n) is 4.14. The maximum Gasteiger partial charge on any atom is 0.172 e. The van der Waals surface area contributed by atoms with E-state index in [-0.39, 0.29) is 0 Å². The van der Waals surface area contributed by atoms with Gasteiger partial charge in [-0.2, -0.15) is 5.26 Å². The molecule has 4 rings (SSSR count). The fraction of sp³-hybridized carbons (Fsp3) is 0.400. The fourth-order valence-corrected chi connectivity index (χ4v) is 3.20. The molecule has 0 radical (unpaired) electrons. The minimum atomic E-state index is -0.426. The Hall–Kier alpha value is -1.83. The number of fused-ring (bicyclic) bond motifs is 3. The van der Waals surface area contributed by atoms with Crippen molar-refractivity contribution in [1.82, 2.24) is 4.98 Å². The molecule has 2 heterocycles. The first kappa shape index (κ1) is 11.0. The van der Waals surface area contributed by atoms with Gasteiger partial charge in [-0.3, -0.25) is 0 Å². The number of rotatable bonds is 0. The molecule has 2 aliphatic rings. The molecule has 96 valence electrons. The van der Waals surface area contributed by atoms with Gasteiger partial charge in [0.2, 0.25) is 0 Å². The van der Waals surface area contributed by atoms with Gasteiger partial charge in [-0.1, -0.05) is 0 Å². The average molecular weight is 254 g/mol. The molecule has 1 spiro atoms. The molecule has 0 unspecified atom stereocenters. The van der Waals surface area contributed by atoms with Gasteiger partial charge in [-0.05, 0) is 30.2 Å². The van der Waals surface area contributed by atoms with Crippen molar-refractivity contribution in [3.63, 3.8) is 0 Å². The second-order valence-electron chi connectivity index (χ2n) is 5.24. The highest BCUT2D eigenvalue weighted by Crippen LogP contribution is 2.38. The first-order valence-electron chi connectivity index (χ1n) is 6.61. The maximum absolute atomic E-state index is 9.03. The van der Waals surface area contributed by atoms with Gasteiger partial charge in [0.25, 0.3) is 0 Å². The molecular formula is C15H14N2O2. The molecule has 0 saturated carbocycles. The van der Waals surface area contributed by atoms with Crippen molar-refractivity contribution in [3.05, 3.63) is 35.0 Å². The number of ether oxygens (including phenoxy) is 2. The van der Waals surface area contributed by atoms with E-state index in [4.69, 9.17) is 14.7 Å². The first-order chi connectivity index (χ1) is 9.30. The van der Waals surface area contributed by atoms with E-state index >= 15 is 0 Å². The van der Waals surface area contributed by atoms with Crippen molar-refractivity contribution in [2.75, 3.05) is 13.2 Å². The monoisotopic (exact) mass is 254 g/mol. The highest BCUT2D eigenvalue weighted by atomic mass is 16.7. The predicted molar refractivity (Wildman–Crippen MR) is 69.7 cm³/mol. The lowest BCUT2D eigenvalue weighted by atomic mass is 9.90. The number of nitrogens with one attached hydrogen (secondary N) is 1. The molecular weight excluding hydrogens is 240 g/mol. The molecule has 1 aliphatic heterocycles. The van der Waals surface area contributed by atoms with E-state index in [1.807, 2.05) is 18.2 Å². The van der Waals surface area contributed by atoms with Gasteiger partial charge in [-0.15, -0.1) is 0 Å². The summed E-state index contributed by atoms with van der Waals surface area (Å²) in [6.07, 6.45) is 2.61. The van der Waals surface area contributed by atoms with Crippen LogP contribution in [0.3, 0.4) is 0 Å². The summed E-state index contributed by atoms with van der Waals surface area (Å²) >= 11 is 0. The van der Waals surface area contributed by atoms with Crippen LogP contribution in [-0.2, 0) is 22.3 Å². The Kier molecular flexibility index (Phi) is 2.22. The van der Waals surface area contributed by atoms with Crippen LogP contribution < -0.4 is 0 Å². The number of benzene rings is 1. The van der Waals surface area contributed by atoms with Crippen LogP contribution in [0, 0.1) is 11.3 Å². The lowest BCUT2D eigenvalue weighted by molar-refractivity contribution is -0.163. The summed E-state index contributed by atoms with van der Waals surface area (Å²) in [6.45, 7) is 1.36. The van der Waals surface area contributed by atoms with Gasteiger partial charge in [-0.25, -0.2) is 0 Å². The molecule has 4 heteroatoms. The topological polar surface area (TPSA) is 58.0 Å². The maximum atomic E-state index is 9.03. The Morgan fingerprint density at radius 2 is 2.11 bits per heavy atom. The quantitative estimate of drug-likeness (QED) is 0.784. The Labute approximate surface area is 110 Å². The summed E-state index contributed by atoms with van der Waals surface area (Å²) < 4.78 is 11.6. The molecule has 1 aliphatic carbocycles. The van der Waals surface area contributed by atoms with Gasteiger partial charge in [0.1, 0.15) is 0 Å². The third kappa shape index (κ3) is 1.59. The largest absolute Gasteiger partial charge is 0.358 e. The number of nitrogens with zero attached hydrogens (tertiary/aromatic N) is 1. The standard InChI is InChI=1S/C15H14N2O2/c16-9-10-1-2-13-11(7-10)12-8-15(18-5-6-19-15)4-3-14(12)17-13/h1-2,7,17H,3-6,8H2. The first-order valence-corrected chi connectivity index (χ1v) is 6.61. The number of aromatic amines is 1. The number of aromatic nitrogens is 1. The van der Waals surface area contributed by atoms with Gasteiger partial charge in [0, 0.05) is 29.4 Å². The Bertz CT molecular complexity index is 690. The zero-order valence-corrected chi connectivity index (χ0v) is 10.5. The Balaban J connectivity index is 1.86. The van der Waals surface area contributed by atoms with Crippen LogP contribution in [0.15, 0.2) is 18.2 Å². The van der Waals surface area contributed by atoms with E-state index in [0.29, 0.717) is 18.8 Å². The molecule has 1 N–H and O–H groups in total. The van der Waals surface area contributed by atoms with E-state index < -0.39 is 5.79 Å². The normalized spacial score (nSPS) is 20.6. The van der Waals surface area contributed by atoms with Crippen molar-refractivity contribution in [2.45, 2.75) is 25.0 Å². The zero-order chi connectivity index (χ0) is 12.9. The van der Waals surface area contributed by atoms with Crippen LogP contribution in [0.25, 0.3) is 10.9 Å². The van der Waals surface area contributed by atoms with Crippen LogP contribution >= 0.6 is 0 Å². The second-order valence-corrected chi connectivity index (χ2v) is 5.24. The van der Waals surface area contributed by atoms with Crippen LogP contribution in [0.4, 0.5) is 0 Å². The van der Waals surface area contributed by atoms with Crippen molar-refractivity contribution in [3.8, 4) is 6.07 Å². The highest BCUT2D eigenvalue weighted by molar-refractivity contribution is 5.86. The van der Waals surface area contributed by atoms with Crippen molar-refractivity contribution in [2.24, 2.45) is 0 Å². The van der Waals surface area contributed by atoms with E-state index in [1.165, 1.54) is 11.3 Å². The predicted octanol–water partition coefficient (Wildman–Crippen LogP) is 2.27. The Morgan fingerprint density at radius 1 is 1.26 bits per heavy atom. The van der Waals surface area contributed by atoms with Gasteiger partial charge >= 0.3 is 0 Å². The molecule has 0 amide bonds. The number of hydrogen-bond acceptors (Lipinski definition) is 3. The summed E-state index contributed by atoms with van der Waals surface area (Å²) in [5, 5.41) is 10.2. The van der Waals surface area contributed by atoms with E-state index in [0.717, 1.165) is 30.2 Å². The van der Waals surface area contributed by atoms with Crippen molar-refractivity contribution in [1.29, 1.82) is 5.26 Å². The SMILES string of the molecule is N#Cc1ccc2[nH]c3c(c2c1)CC1(CC3)OCCO1. The lowest BCUT2D eigenvalue weighted by Gasteiger charge is -2.31. The molecule has 19 heavy (non-hydrogen) atoms. The number of aryl methyl sites for hydroxylation is 1. The zero-order valence-electron chi connectivity index (χ0n) is 10.5. The average Bonchev–Trinajstić information content (AvgIpc) is 3.03. The molecule has 0 atom stereocenters. The Morgan fingerprint density at radius 3 is 2.89 bits per heavy atom. The van der Waals surface area contributed by atoms with Gasteiger partial charge in [0.15, 0.2) is 5.79 Å². The number of H-pyrrole nitrogens is 1. The van der Waals surface area contributed by atoms with Crippen LogP contribution in [0.2, 0.25) is 0 Å². The molecule has 1 saturated heterocycles. The molecule has 4 nitrogen and oxygen atoms in total. The van der Waals surface area contributed by atoms with Crippen molar-refractivity contribution < 1.29 is 9.47 Å². The highest BCUT2D eigenvalue weighted by Gasteiger charge is 2.41. The van der Waals surface area contributed by atoms with Crippen molar-refractivity contribution >= 4 is 10.9 Å². The van der Waals surface area contributed by atoms with Gasteiger partial charge in [0.05, 0.1) is 24.8 Å². The molecule has 0 bridgehead atoms. The summed E-state index contributed by atoms with van der Waals surface area (Å²) in [5.41, 5.74) is 4.30. The van der Waals surface area contributed by atoms with Crippen LogP contribution in [0.5, 0.6) is 0 Å². The third-order valence-corrected chi connectivity index (χ3v) is 4.14. The minimum Gasteiger partial charge on any atom is -0.358 e. The molecule has 2 aromatic rings. The van der Waals surface area contributed by atoms with E-state index in [9.17, 15) is 0 Å². The number of hydrogen-bond donors (Lipinski definition) is 1. The number of nitriles is 1.